The summed E-state index contributed by atoms with van der Waals surface area (Å²) in [5.41, 5.74) is 1.30. The topological polar surface area (TPSA) is 63.2 Å². The quantitative estimate of drug-likeness (QED) is 0.613. The molecule has 2 aromatic carbocycles. The number of hydrogen-bond donors (Lipinski definition) is 2. The van der Waals surface area contributed by atoms with Gasteiger partial charge in [-0.05, 0) is 42.5 Å². The molecule has 7 heteroatoms. The van der Waals surface area contributed by atoms with Gasteiger partial charge in [0.25, 0.3) is 5.91 Å². The van der Waals surface area contributed by atoms with Crippen molar-refractivity contribution >= 4 is 46.3 Å². The molecular weight excluding hydrogens is 373 g/mol. The van der Waals surface area contributed by atoms with Gasteiger partial charge < -0.3 is 15.4 Å². The summed E-state index contributed by atoms with van der Waals surface area (Å²) >= 11 is 11.9. The summed E-state index contributed by atoms with van der Waals surface area (Å²) < 4.78 is 5.40. The Morgan fingerprint density at radius 1 is 0.962 bits per heavy atom. The zero-order valence-corrected chi connectivity index (χ0v) is 15.1. The molecule has 5 nitrogen and oxygen atoms in total. The van der Waals surface area contributed by atoms with Gasteiger partial charge in [-0.15, -0.1) is 0 Å². The van der Waals surface area contributed by atoms with E-state index < -0.39 is 0 Å². The monoisotopic (exact) mass is 387 g/mol. The van der Waals surface area contributed by atoms with Gasteiger partial charge in [0, 0.05) is 15.7 Å². The summed E-state index contributed by atoms with van der Waals surface area (Å²) in [5, 5.41) is 6.88. The van der Waals surface area contributed by atoms with Crippen LogP contribution in [-0.2, 0) is 4.79 Å². The molecule has 0 aliphatic carbocycles. The Hall–Kier alpha value is -2.76. The lowest BCUT2D eigenvalue weighted by molar-refractivity contribution is -0.118. The van der Waals surface area contributed by atoms with Crippen LogP contribution in [0.4, 0.5) is 17.2 Å². The zero-order valence-electron chi connectivity index (χ0n) is 13.6. The first kappa shape index (κ1) is 18.0. The van der Waals surface area contributed by atoms with E-state index >= 15 is 0 Å². The summed E-state index contributed by atoms with van der Waals surface area (Å²) in [7, 11) is 0. The van der Waals surface area contributed by atoms with Crippen molar-refractivity contribution in [3.8, 4) is 5.75 Å². The Morgan fingerprint density at radius 2 is 1.69 bits per heavy atom. The number of anilines is 3. The summed E-state index contributed by atoms with van der Waals surface area (Å²) in [4.78, 5) is 16.2. The fraction of sp³-hybridized carbons (Fsp3) is 0.0526. The minimum Gasteiger partial charge on any atom is -0.484 e. The first-order valence-corrected chi connectivity index (χ1v) is 8.51. The van der Waals surface area contributed by atoms with Gasteiger partial charge in [0.15, 0.2) is 6.61 Å². The molecule has 1 aromatic heterocycles. The SMILES string of the molecule is O=C(COc1ccccc1)Nc1ccc(Nc2cc(Cl)cc(Cl)c2)nc1. The molecule has 0 spiro atoms. The summed E-state index contributed by atoms with van der Waals surface area (Å²) in [6.07, 6.45) is 1.55. The van der Waals surface area contributed by atoms with Gasteiger partial charge in [-0.25, -0.2) is 4.98 Å². The number of pyridine rings is 1. The van der Waals surface area contributed by atoms with Gasteiger partial charge in [-0.1, -0.05) is 41.4 Å². The van der Waals surface area contributed by atoms with Crippen LogP contribution in [0.2, 0.25) is 10.0 Å². The third-order valence-corrected chi connectivity index (χ3v) is 3.73. The van der Waals surface area contributed by atoms with E-state index in [1.165, 1.54) is 0 Å². The summed E-state index contributed by atoms with van der Waals surface area (Å²) in [6.45, 7) is -0.0783. The molecule has 26 heavy (non-hydrogen) atoms. The maximum Gasteiger partial charge on any atom is 0.262 e. The van der Waals surface area contributed by atoms with Gasteiger partial charge in [0.1, 0.15) is 11.6 Å². The Balaban J connectivity index is 1.54. The second kappa shape index (κ2) is 8.56. The number of hydrogen-bond acceptors (Lipinski definition) is 4. The number of ether oxygens (including phenoxy) is 1. The lowest BCUT2D eigenvalue weighted by Crippen LogP contribution is -2.20. The third-order valence-electron chi connectivity index (χ3n) is 3.30. The number of para-hydroxylation sites is 1. The molecule has 3 aromatic rings. The first-order chi connectivity index (χ1) is 12.6. The molecule has 0 bridgehead atoms. The predicted octanol–water partition coefficient (Wildman–Crippen LogP) is 5.15. The van der Waals surface area contributed by atoms with E-state index in [0.29, 0.717) is 27.3 Å². The first-order valence-electron chi connectivity index (χ1n) is 7.75. The van der Waals surface area contributed by atoms with Crippen LogP contribution in [-0.4, -0.2) is 17.5 Å². The van der Waals surface area contributed by atoms with Gasteiger partial charge in [0.05, 0.1) is 11.9 Å². The van der Waals surface area contributed by atoms with E-state index in [-0.39, 0.29) is 12.5 Å². The number of carbonyl (C=O) groups is 1. The Bertz CT molecular complexity index is 867. The molecule has 1 heterocycles. The van der Waals surface area contributed by atoms with Gasteiger partial charge in [-0.2, -0.15) is 0 Å². The van der Waals surface area contributed by atoms with Crippen LogP contribution in [0.25, 0.3) is 0 Å². The molecule has 0 unspecified atom stereocenters. The van der Waals surface area contributed by atoms with Crippen molar-refractivity contribution in [1.29, 1.82) is 0 Å². The van der Waals surface area contributed by atoms with Crippen molar-refractivity contribution in [2.45, 2.75) is 0 Å². The number of rotatable bonds is 6. The van der Waals surface area contributed by atoms with Crippen LogP contribution in [0.3, 0.4) is 0 Å². The molecule has 3 rings (SSSR count). The fourth-order valence-corrected chi connectivity index (χ4v) is 2.70. The van der Waals surface area contributed by atoms with Gasteiger partial charge in [0.2, 0.25) is 0 Å². The largest absolute Gasteiger partial charge is 0.484 e. The van der Waals surface area contributed by atoms with E-state index in [4.69, 9.17) is 27.9 Å². The normalized spacial score (nSPS) is 10.2. The number of amides is 1. The molecule has 0 atom stereocenters. The van der Waals surface area contributed by atoms with E-state index in [1.54, 1.807) is 48.7 Å². The average molecular weight is 388 g/mol. The van der Waals surface area contributed by atoms with Crippen LogP contribution in [0.1, 0.15) is 0 Å². The van der Waals surface area contributed by atoms with E-state index in [0.717, 1.165) is 5.69 Å². The molecule has 0 aliphatic heterocycles. The minimum absolute atomic E-state index is 0.0783. The van der Waals surface area contributed by atoms with E-state index in [1.807, 2.05) is 18.2 Å². The molecule has 132 valence electrons. The highest BCUT2D eigenvalue weighted by Gasteiger charge is 2.05. The standard InChI is InChI=1S/C19H15Cl2N3O2/c20-13-8-14(21)10-16(9-13)23-18-7-6-15(11-22-18)24-19(25)12-26-17-4-2-1-3-5-17/h1-11H,12H2,(H,22,23)(H,24,25). The third kappa shape index (κ3) is 5.37. The Labute approximate surface area is 160 Å². The second-order valence-corrected chi connectivity index (χ2v) is 6.24. The molecule has 0 saturated heterocycles. The molecule has 0 saturated carbocycles. The Morgan fingerprint density at radius 3 is 2.35 bits per heavy atom. The lowest BCUT2D eigenvalue weighted by atomic mass is 10.3. The zero-order chi connectivity index (χ0) is 18.4. The average Bonchev–Trinajstić information content (AvgIpc) is 2.62. The van der Waals surface area contributed by atoms with Crippen molar-refractivity contribution in [3.63, 3.8) is 0 Å². The molecule has 0 fully saturated rings. The van der Waals surface area contributed by atoms with Crippen LogP contribution < -0.4 is 15.4 Å². The van der Waals surface area contributed by atoms with Crippen LogP contribution in [0, 0.1) is 0 Å². The number of benzene rings is 2. The lowest BCUT2D eigenvalue weighted by Gasteiger charge is -2.09. The molecule has 0 radical (unpaired) electrons. The maximum atomic E-state index is 11.9. The van der Waals surface area contributed by atoms with Crippen molar-refractivity contribution in [2.75, 3.05) is 17.2 Å². The number of aromatic nitrogens is 1. The van der Waals surface area contributed by atoms with Gasteiger partial charge in [-0.3, -0.25) is 4.79 Å². The number of nitrogens with one attached hydrogen (secondary N) is 2. The van der Waals surface area contributed by atoms with Crippen molar-refractivity contribution in [1.82, 2.24) is 4.98 Å². The minimum atomic E-state index is -0.266. The summed E-state index contributed by atoms with van der Waals surface area (Å²) in [5.74, 6) is 0.973. The van der Waals surface area contributed by atoms with Crippen molar-refractivity contribution in [2.24, 2.45) is 0 Å². The Kier molecular flexibility index (Phi) is 5.94. The van der Waals surface area contributed by atoms with Crippen molar-refractivity contribution < 1.29 is 9.53 Å². The molecule has 0 aliphatic rings. The van der Waals surface area contributed by atoms with Crippen LogP contribution in [0.15, 0.2) is 66.9 Å². The molecule has 2 N–H and O–H groups in total. The number of carbonyl (C=O) groups excluding carboxylic acids is 1. The van der Waals surface area contributed by atoms with E-state index in [9.17, 15) is 4.79 Å². The predicted molar refractivity (Wildman–Crippen MR) is 105 cm³/mol. The van der Waals surface area contributed by atoms with Crippen LogP contribution >= 0.6 is 23.2 Å². The number of halogens is 2. The maximum absolute atomic E-state index is 11.9. The molecule has 1 amide bonds. The molecular formula is C19H15Cl2N3O2. The van der Waals surface area contributed by atoms with Gasteiger partial charge >= 0.3 is 0 Å². The van der Waals surface area contributed by atoms with Crippen LogP contribution in [0.5, 0.6) is 5.75 Å². The van der Waals surface area contributed by atoms with Crippen molar-refractivity contribution in [3.05, 3.63) is 76.9 Å². The highest BCUT2D eigenvalue weighted by Crippen LogP contribution is 2.24. The highest BCUT2D eigenvalue weighted by molar-refractivity contribution is 6.35. The second-order valence-electron chi connectivity index (χ2n) is 5.37. The van der Waals surface area contributed by atoms with E-state index in [2.05, 4.69) is 15.6 Å². The smallest absolute Gasteiger partial charge is 0.262 e. The highest BCUT2D eigenvalue weighted by atomic mass is 35.5. The fourth-order valence-electron chi connectivity index (χ4n) is 2.18. The number of nitrogens with zero attached hydrogens (tertiary/aromatic N) is 1. The summed E-state index contributed by atoms with van der Waals surface area (Å²) in [6, 6.07) is 17.8.